The third-order valence-corrected chi connectivity index (χ3v) is 9.22. The monoisotopic (exact) mass is 652 g/mol. The van der Waals surface area contributed by atoms with Crippen molar-refractivity contribution >= 4 is 35.2 Å². The number of piperazine rings is 1. The second-order valence-corrected chi connectivity index (χ2v) is 13.1. The molecule has 2 aromatic carbocycles. The van der Waals surface area contributed by atoms with Crippen LogP contribution in [0.2, 0.25) is 5.02 Å². The number of hydrogen-bond acceptors (Lipinski definition) is 8. The number of aliphatic imine (C=N–C) groups is 1. The van der Waals surface area contributed by atoms with Gasteiger partial charge in [-0.25, -0.2) is 4.99 Å². The fourth-order valence-corrected chi connectivity index (χ4v) is 6.45. The molecule has 0 radical (unpaired) electrons. The normalized spacial score (nSPS) is 23.8. The maximum Gasteiger partial charge on any atom is 0.254 e. The Kier molecular flexibility index (Phi) is 11.0. The fraction of sp³-hybridized carbons (Fsp3) is 0.529. The van der Waals surface area contributed by atoms with E-state index < -0.39 is 35.7 Å². The molecule has 0 aromatic heterocycles. The van der Waals surface area contributed by atoms with E-state index in [0.717, 1.165) is 30.6 Å². The van der Waals surface area contributed by atoms with Gasteiger partial charge in [0.2, 0.25) is 17.7 Å². The van der Waals surface area contributed by atoms with E-state index >= 15 is 0 Å². The Morgan fingerprint density at radius 2 is 1.78 bits per heavy atom. The van der Waals surface area contributed by atoms with E-state index in [0.29, 0.717) is 43.4 Å². The first-order chi connectivity index (χ1) is 22.1. The highest BCUT2D eigenvalue weighted by atomic mass is 35.5. The molecule has 2 aromatic rings. The van der Waals surface area contributed by atoms with Crippen LogP contribution >= 0.6 is 11.6 Å². The van der Waals surface area contributed by atoms with Gasteiger partial charge in [0.25, 0.3) is 5.91 Å². The lowest BCUT2D eigenvalue weighted by Gasteiger charge is -2.36. The molecule has 12 heteroatoms. The van der Waals surface area contributed by atoms with E-state index in [1.54, 1.807) is 24.8 Å². The molecule has 2 saturated heterocycles. The van der Waals surface area contributed by atoms with Crippen molar-refractivity contribution in [2.24, 2.45) is 10.7 Å². The average molecular weight is 653 g/mol. The number of likely N-dealkylation sites (tertiary alicyclic amines) is 1. The van der Waals surface area contributed by atoms with Gasteiger partial charge in [-0.15, -0.1) is 0 Å². The lowest BCUT2D eigenvalue weighted by atomic mass is 9.90. The third-order valence-electron chi connectivity index (χ3n) is 8.98. The SMILES string of the molecule is C[C@H](N)C(=O)N[C@H](C(=O)N1CCC[C@H]1C1=N[C@@](Cc2cccc(Cl)c2)(C(=O)N2CCN(C)CC2)CO1)[C@@H](C)OCc1ccccc1. The van der Waals surface area contributed by atoms with Gasteiger partial charge in [-0.2, -0.15) is 0 Å². The van der Waals surface area contributed by atoms with E-state index in [2.05, 4.69) is 10.2 Å². The molecule has 5 rings (SSSR count). The van der Waals surface area contributed by atoms with Crippen LogP contribution in [-0.4, -0.2) is 114 Å². The molecule has 5 atom stereocenters. The first-order valence-electron chi connectivity index (χ1n) is 16.0. The molecule has 46 heavy (non-hydrogen) atoms. The van der Waals surface area contributed by atoms with Crippen molar-refractivity contribution in [1.82, 2.24) is 20.0 Å². The number of hydrogen-bond donors (Lipinski definition) is 2. The van der Waals surface area contributed by atoms with E-state index in [1.165, 1.54) is 0 Å². The number of halogens is 1. The summed E-state index contributed by atoms with van der Waals surface area (Å²) in [5, 5.41) is 3.40. The molecule has 3 heterocycles. The molecular formula is C34H45ClN6O5. The molecule has 3 aliphatic rings. The Bertz CT molecular complexity index is 1420. The van der Waals surface area contributed by atoms with Crippen LogP contribution in [-0.2, 0) is 36.9 Å². The first-order valence-corrected chi connectivity index (χ1v) is 16.4. The zero-order valence-electron chi connectivity index (χ0n) is 26.9. The molecule has 0 aliphatic carbocycles. The topological polar surface area (TPSA) is 130 Å². The van der Waals surface area contributed by atoms with Crippen molar-refractivity contribution in [3.05, 3.63) is 70.7 Å². The standard InChI is InChI=1S/C34H45ClN6O5/c1-23(36)30(42)37-29(24(2)45-21-25-9-5-4-6-10-25)32(43)41-14-8-13-28(41)31-38-34(22-46-31,20-26-11-7-12-27(35)19-26)33(44)40-17-15-39(3)16-18-40/h4-7,9-12,19,23-24,28-29H,8,13-18,20-22,36H2,1-3H3,(H,37,42)/t23-,24+,28-,29-,34+/m0/s1. The van der Waals surface area contributed by atoms with Gasteiger partial charge in [-0.05, 0) is 57.0 Å². The zero-order valence-corrected chi connectivity index (χ0v) is 27.6. The van der Waals surface area contributed by atoms with Gasteiger partial charge < -0.3 is 35.2 Å². The smallest absolute Gasteiger partial charge is 0.254 e. The lowest BCUT2D eigenvalue weighted by Crippen LogP contribution is -2.58. The number of nitrogens with one attached hydrogen (secondary N) is 1. The van der Waals surface area contributed by atoms with E-state index in [1.807, 2.05) is 60.5 Å². The first kappa shape index (κ1) is 33.8. The van der Waals surface area contributed by atoms with Crippen molar-refractivity contribution in [3.8, 4) is 0 Å². The van der Waals surface area contributed by atoms with Gasteiger partial charge in [0.15, 0.2) is 5.54 Å². The summed E-state index contributed by atoms with van der Waals surface area (Å²) in [5.74, 6) is -0.472. The van der Waals surface area contributed by atoms with Crippen LogP contribution < -0.4 is 11.1 Å². The molecule has 0 spiro atoms. The Morgan fingerprint density at radius 3 is 2.48 bits per heavy atom. The predicted molar refractivity (Wildman–Crippen MR) is 176 cm³/mol. The van der Waals surface area contributed by atoms with Crippen molar-refractivity contribution in [2.75, 3.05) is 46.4 Å². The minimum atomic E-state index is -1.18. The number of likely N-dealkylation sites (N-methyl/N-ethyl adjacent to an activating group) is 1. The molecule has 3 amide bonds. The molecule has 0 saturated carbocycles. The number of ether oxygens (including phenoxy) is 2. The molecule has 3 N–H and O–H groups in total. The van der Waals surface area contributed by atoms with Crippen LogP contribution in [0.1, 0.15) is 37.8 Å². The number of carbonyl (C=O) groups is 3. The van der Waals surface area contributed by atoms with E-state index in [9.17, 15) is 14.4 Å². The summed E-state index contributed by atoms with van der Waals surface area (Å²) in [6, 6.07) is 14.8. The van der Waals surface area contributed by atoms with Gasteiger partial charge in [0.1, 0.15) is 18.7 Å². The second-order valence-electron chi connectivity index (χ2n) is 12.6. The maximum absolute atomic E-state index is 14.2. The summed E-state index contributed by atoms with van der Waals surface area (Å²) in [6.07, 6.45) is 1.01. The number of benzene rings is 2. The van der Waals surface area contributed by atoms with Crippen molar-refractivity contribution in [2.45, 2.75) is 69.5 Å². The van der Waals surface area contributed by atoms with Crippen LogP contribution in [0.15, 0.2) is 59.6 Å². The highest BCUT2D eigenvalue weighted by Gasteiger charge is 2.50. The summed E-state index contributed by atoms with van der Waals surface area (Å²) in [5.41, 5.74) is 6.52. The molecule has 0 unspecified atom stereocenters. The fourth-order valence-electron chi connectivity index (χ4n) is 6.23. The maximum atomic E-state index is 14.2. The second kappa shape index (κ2) is 14.9. The van der Waals surface area contributed by atoms with Crippen LogP contribution in [0, 0.1) is 0 Å². The van der Waals surface area contributed by atoms with Gasteiger partial charge in [0, 0.05) is 44.2 Å². The average Bonchev–Trinajstić information content (AvgIpc) is 3.71. The number of nitrogens with two attached hydrogens (primary N) is 1. The number of amides is 3. The molecular weight excluding hydrogens is 608 g/mol. The molecule has 248 valence electrons. The Morgan fingerprint density at radius 1 is 1.07 bits per heavy atom. The van der Waals surface area contributed by atoms with Gasteiger partial charge in [-0.1, -0.05) is 54.1 Å². The Hall–Kier alpha value is -3.51. The largest absolute Gasteiger partial charge is 0.476 e. The summed E-state index contributed by atoms with van der Waals surface area (Å²) in [6.45, 7) is 6.91. The summed E-state index contributed by atoms with van der Waals surface area (Å²) in [4.78, 5) is 52.0. The summed E-state index contributed by atoms with van der Waals surface area (Å²) < 4.78 is 12.4. The van der Waals surface area contributed by atoms with Crippen molar-refractivity contribution in [3.63, 3.8) is 0 Å². The van der Waals surface area contributed by atoms with Crippen LogP contribution in [0.25, 0.3) is 0 Å². The molecule has 2 fully saturated rings. The van der Waals surface area contributed by atoms with Gasteiger partial charge in [-0.3, -0.25) is 14.4 Å². The Balaban J connectivity index is 1.40. The predicted octanol–water partition coefficient (Wildman–Crippen LogP) is 2.25. The zero-order chi connectivity index (χ0) is 32.8. The lowest BCUT2D eigenvalue weighted by molar-refractivity contribution is -0.141. The van der Waals surface area contributed by atoms with Gasteiger partial charge in [0.05, 0.1) is 18.8 Å². The van der Waals surface area contributed by atoms with E-state index in [4.69, 9.17) is 31.8 Å². The van der Waals surface area contributed by atoms with Gasteiger partial charge >= 0.3 is 0 Å². The number of nitrogens with zero attached hydrogens (tertiary/aromatic N) is 4. The van der Waals surface area contributed by atoms with E-state index in [-0.39, 0.29) is 25.0 Å². The van der Waals surface area contributed by atoms with Crippen molar-refractivity contribution in [1.29, 1.82) is 0 Å². The minimum absolute atomic E-state index is 0.0694. The number of rotatable bonds is 11. The van der Waals surface area contributed by atoms with Crippen LogP contribution in [0.3, 0.4) is 0 Å². The quantitative estimate of drug-likeness (QED) is 0.381. The third kappa shape index (κ3) is 7.88. The Labute approximate surface area is 276 Å². The number of carbonyl (C=O) groups excluding carboxylic acids is 3. The van der Waals surface area contributed by atoms with Crippen LogP contribution in [0.5, 0.6) is 0 Å². The minimum Gasteiger partial charge on any atom is -0.476 e. The summed E-state index contributed by atoms with van der Waals surface area (Å²) >= 11 is 6.31. The highest BCUT2D eigenvalue weighted by molar-refractivity contribution is 6.30. The van der Waals surface area contributed by atoms with Crippen LogP contribution in [0.4, 0.5) is 0 Å². The molecule has 11 nitrogen and oxygen atoms in total. The highest BCUT2D eigenvalue weighted by Crippen LogP contribution is 2.32. The molecule has 3 aliphatic heterocycles. The van der Waals surface area contributed by atoms with Crippen molar-refractivity contribution < 1.29 is 23.9 Å². The molecule has 0 bridgehead atoms. The summed E-state index contributed by atoms with van der Waals surface area (Å²) in [7, 11) is 2.04.